The van der Waals surface area contributed by atoms with Gasteiger partial charge < -0.3 is 15.6 Å². The fourth-order valence-corrected chi connectivity index (χ4v) is 4.64. The summed E-state index contributed by atoms with van der Waals surface area (Å²) in [5.74, 6) is -2.21. The van der Waals surface area contributed by atoms with Crippen LogP contribution < -0.4 is 10.7 Å². The molecule has 5 nitrogen and oxygen atoms in total. The van der Waals surface area contributed by atoms with Gasteiger partial charge in [-0.3, -0.25) is 4.79 Å². The summed E-state index contributed by atoms with van der Waals surface area (Å²) < 4.78 is 39.2. The Labute approximate surface area is 187 Å². The van der Waals surface area contributed by atoms with Gasteiger partial charge in [0.25, 0.3) is 0 Å². The topological polar surface area (TPSA) is 56.7 Å². The zero-order valence-corrected chi connectivity index (χ0v) is 17.9. The molecule has 2 heterocycles. The van der Waals surface area contributed by atoms with Crippen LogP contribution in [0.3, 0.4) is 0 Å². The first-order valence-electron chi connectivity index (χ1n) is 9.58. The van der Waals surface area contributed by atoms with E-state index in [1.807, 2.05) is 19.2 Å². The Morgan fingerprint density at radius 3 is 2.77 bits per heavy atom. The van der Waals surface area contributed by atoms with Crippen LogP contribution in [0.15, 0.2) is 41.5 Å². The van der Waals surface area contributed by atoms with E-state index >= 15 is 0 Å². The smallest absolute Gasteiger partial charge is 0.325 e. The summed E-state index contributed by atoms with van der Waals surface area (Å²) in [4.78, 5) is 14.7. The van der Waals surface area contributed by atoms with Crippen LogP contribution in [-0.2, 0) is 11.3 Å². The highest BCUT2D eigenvalue weighted by Gasteiger charge is 2.46. The molecule has 4 rings (SSSR count). The van der Waals surface area contributed by atoms with Gasteiger partial charge in [0.1, 0.15) is 5.92 Å². The van der Waals surface area contributed by atoms with Crippen molar-refractivity contribution in [2.45, 2.75) is 18.6 Å². The van der Waals surface area contributed by atoms with Gasteiger partial charge in [0.2, 0.25) is 5.91 Å². The molecule has 1 amide bonds. The molecule has 0 aliphatic carbocycles. The summed E-state index contributed by atoms with van der Waals surface area (Å²) in [6.45, 7) is 1.20. The number of hydrazone groups is 1. The van der Waals surface area contributed by atoms with E-state index in [1.54, 1.807) is 24.3 Å². The summed E-state index contributed by atoms with van der Waals surface area (Å²) in [5, 5.41) is 6.97. The Bertz CT molecular complexity index is 1060. The average Bonchev–Trinajstić information content (AvgIpc) is 3.19. The normalized spacial score (nSPS) is 21.3. The van der Waals surface area contributed by atoms with E-state index in [-0.39, 0.29) is 12.5 Å². The van der Waals surface area contributed by atoms with E-state index in [0.717, 1.165) is 16.7 Å². The Balaban J connectivity index is 1.60. The van der Waals surface area contributed by atoms with Gasteiger partial charge in [0.05, 0.1) is 6.54 Å². The lowest BCUT2D eigenvalue weighted by atomic mass is 9.84. The molecule has 0 saturated heterocycles. The molecule has 2 aromatic rings. The predicted octanol–water partition coefficient (Wildman–Crippen LogP) is 4.65. The Hall–Kier alpha value is -2.29. The van der Waals surface area contributed by atoms with Crippen molar-refractivity contribution in [2.24, 2.45) is 11.0 Å². The van der Waals surface area contributed by atoms with E-state index in [0.29, 0.717) is 28.8 Å². The molecule has 2 atom stereocenters. The van der Waals surface area contributed by atoms with Crippen LogP contribution >= 0.6 is 23.2 Å². The largest absolute Gasteiger partial charge is 0.432 e. The Kier molecular flexibility index (Phi) is 5.89. The molecule has 2 aromatic carbocycles. The van der Waals surface area contributed by atoms with Crippen molar-refractivity contribution in [3.05, 3.63) is 63.1 Å². The van der Waals surface area contributed by atoms with E-state index in [2.05, 4.69) is 20.7 Å². The maximum atomic E-state index is 13.1. The Morgan fingerprint density at radius 2 is 2.03 bits per heavy atom. The number of alkyl halides is 3. The summed E-state index contributed by atoms with van der Waals surface area (Å²) in [5.41, 5.74) is 4.45. The van der Waals surface area contributed by atoms with Crippen molar-refractivity contribution in [2.75, 3.05) is 25.5 Å². The lowest BCUT2D eigenvalue weighted by Crippen LogP contribution is -2.38. The molecule has 2 N–H and O–H groups in total. The number of carbonyl (C=O) groups is 1. The minimum atomic E-state index is -4.66. The fourth-order valence-electron chi connectivity index (χ4n) is 4.07. The minimum Gasteiger partial charge on any atom is -0.325 e. The second kappa shape index (κ2) is 8.33. The van der Waals surface area contributed by atoms with E-state index in [1.165, 1.54) is 0 Å². The third-order valence-corrected chi connectivity index (χ3v) is 6.04. The molecule has 0 radical (unpaired) electrons. The second-order valence-corrected chi connectivity index (χ2v) is 8.57. The maximum absolute atomic E-state index is 13.1. The summed E-state index contributed by atoms with van der Waals surface area (Å²) in [7, 11) is 1.98. The first-order valence-corrected chi connectivity index (χ1v) is 10.3. The van der Waals surface area contributed by atoms with E-state index < -0.39 is 23.7 Å². The van der Waals surface area contributed by atoms with Crippen LogP contribution in [0.25, 0.3) is 0 Å². The van der Waals surface area contributed by atoms with Crippen molar-refractivity contribution in [1.29, 1.82) is 0 Å². The standard InChI is InChI=1S/C21H19Cl2F3N4O/c1-30-9-16(14-6-12(22)7-18(23)17(14)10-30)11-3-2-4-13(5-11)28-20(31)15-8-27-29-19(15)21(24,25)26/h2-7,15-16,27H,8-10H2,1H3,(H,28,31). The molecule has 31 heavy (non-hydrogen) atoms. The monoisotopic (exact) mass is 470 g/mol. The molecule has 2 aliphatic heterocycles. The predicted molar refractivity (Wildman–Crippen MR) is 115 cm³/mol. The van der Waals surface area contributed by atoms with Gasteiger partial charge in [-0.05, 0) is 48.0 Å². The molecule has 2 unspecified atom stereocenters. The highest BCUT2D eigenvalue weighted by atomic mass is 35.5. The molecular formula is C21H19Cl2F3N4O. The van der Waals surface area contributed by atoms with Crippen molar-refractivity contribution in [1.82, 2.24) is 10.3 Å². The fraction of sp³-hybridized carbons (Fsp3) is 0.333. The molecule has 0 saturated carbocycles. The lowest BCUT2D eigenvalue weighted by Gasteiger charge is -2.33. The molecule has 2 aliphatic rings. The van der Waals surface area contributed by atoms with Crippen LogP contribution in [-0.4, -0.2) is 42.8 Å². The maximum Gasteiger partial charge on any atom is 0.432 e. The first kappa shape index (κ1) is 21.9. The zero-order chi connectivity index (χ0) is 22.3. The molecular weight excluding hydrogens is 452 g/mol. The number of halogens is 5. The molecule has 0 spiro atoms. The number of hydrogen-bond acceptors (Lipinski definition) is 4. The summed E-state index contributed by atoms with van der Waals surface area (Å²) in [6.07, 6.45) is -4.66. The van der Waals surface area contributed by atoms with Crippen LogP contribution in [0.2, 0.25) is 10.0 Å². The second-order valence-electron chi connectivity index (χ2n) is 7.73. The molecule has 0 bridgehead atoms. The number of nitrogens with zero attached hydrogens (tertiary/aromatic N) is 2. The van der Waals surface area contributed by atoms with Crippen molar-refractivity contribution in [3.8, 4) is 0 Å². The third-order valence-electron chi connectivity index (χ3n) is 5.48. The number of amides is 1. The van der Waals surface area contributed by atoms with Gasteiger partial charge in [-0.25, -0.2) is 0 Å². The lowest BCUT2D eigenvalue weighted by molar-refractivity contribution is -0.119. The number of likely N-dealkylation sites (N-methyl/N-ethyl adjacent to an activating group) is 1. The van der Waals surface area contributed by atoms with Crippen LogP contribution in [0.1, 0.15) is 22.6 Å². The van der Waals surface area contributed by atoms with Crippen LogP contribution in [0, 0.1) is 5.92 Å². The van der Waals surface area contributed by atoms with Gasteiger partial charge in [-0.15, -0.1) is 0 Å². The van der Waals surface area contributed by atoms with E-state index in [4.69, 9.17) is 23.2 Å². The average molecular weight is 471 g/mol. The van der Waals surface area contributed by atoms with Crippen LogP contribution in [0.5, 0.6) is 0 Å². The quantitative estimate of drug-likeness (QED) is 0.686. The van der Waals surface area contributed by atoms with Gasteiger partial charge in [-0.1, -0.05) is 35.3 Å². The van der Waals surface area contributed by atoms with Crippen molar-refractivity contribution < 1.29 is 18.0 Å². The van der Waals surface area contributed by atoms with Crippen molar-refractivity contribution >= 4 is 40.5 Å². The zero-order valence-electron chi connectivity index (χ0n) is 16.4. The number of fused-ring (bicyclic) bond motifs is 1. The molecule has 0 fully saturated rings. The number of carbonyl (C=O) groups excluding carboxylic acids is 1. The minimum absolute atomic E-state index is 0.0535. The SMILES string of the molecule is CN1Cc2c(Cl)cc(Cl)cc2C(c2cccc(NC(=O)C3CNN=C3C(F)(F)F)c2)C1. The first-order chi connectivity index (χ1) is 14.6. The van der Waals surface area contributed by atoms with Crippen LogP contribution in [0.4, 0.5) is 18.9 Å². The number of anilines is 1. The van der Waals surface area contributed by atoms with Gasteiger partial charge in [0.15, 0.2) is 5.71 Å². The highest BCUT2D eigenvalue weighted by molar-refractivity contribution is 6.35. The molecule has 164 valence electrons. The van der Waals surface area contributed by atoms with Gasteiger partial charge >= 0.3 is 6.18 Å². The molecule has 0 aromatic heterocycles. The van der Waals surface area contributed by atoms with E-state index in [9.17, 15) is 18.0 Å². The number of rotatable bonds is 3. The highest BCUT2D eigenvalue weighted by Crippen LogP contribution is 2.39. The molecule has 10 heteroatoms. The van der Waals surface area contributed by atoms with Gasteiger partial charge in [-0.2, -0.15) is 18.3 Å². The summed E-state index contributed by atoms with van der Waals surface area (Å²) in [6, 6.07) is 10.7. The number of benzene rings is 2. The third kappa shape index (κ3) is 4.51. The Morgan fingerprint density at radius 1 is 1.26 bits per heavy atom. The summed E-state index contributed by atoms with van der Waals surface area (Å²) >= 11 is 12.6. The van der Waals surface area contributed by atoms with Gasteiger partial charge in [0, 0.05) is 34.7 Å². The number of nitrogens with one attached hydrogen (secondary N) is 2. The van der Waals surface area contributed by atoms with Crippen molar-refractivity contribution in [3.63, 3.8) is 0 Å². The number of hydrogen-bond donors (Lipinski definition) is 2.